The van der Waals surface area contributed by atoms with E-state index in [4.69, 9.17) is 9.47 Å². The molecule has 0 saturated carbocycles. The van der Waals surface area contributed by atoms with Crippen molar-refractivity contribution in [3.8, 4) is 22.8 Å². The molecule has 1 aromatic carbocycles. The molecule has 136 valence electrons. The molecule has 3 heterocycles. The number of carbonyl (C=O) groups is 1. The number of aromatic nitrogens is 2. The second-order valence-corrected chi connectivity index (χ2v) is 6.90. The Morgan fingerprint density at radius 2 is 2.12 bits per heavy atom. The topological polar surface area (TPSA) is 73.7 Å². The summed E-state index contributed by atoms with van der Waals surface area (Å²) in [4.78, 5) is 31.1. The Balaban J connectivity index is 1.51. The van der Waals surface area contributed by atoms with Crippen LogP contribution in [0.2, 0.25) is 0 Å². The van der Waals surface area contributed by atoms with E-state index in [2.05, 4.69) is 11.9 Å². The number of amides is 1. The second kappa shape index (κ2) is 6.82. The number of benzene rings is 1. The first-order valence-electron chi connectivity index (χ1n) is 8.84. The van der Waals surface area contributed by atoms with Gasteiger partial charge in [0.1, 0.15) is 6.54 Å². The monoisotopic (exact) mass is 355 g/mol. The third kappa shape index (κ3) is 3.29. The Bertz CT molecular complexity index is 893. The van der Waals surface area contributed by atoms with Gasteiger partial charge in [-0.2, -0.15) is 0 Å². The molecule has 0 N–H and O–H groups in total. The van der Waals surface area contributed by atoms with Gasteiger partial charge in [-0.3, -0.25) is 14.2 Å². The van der Waals surface area contributed by atoms with Crippen LogP contribution in [0.3, 0.4) is 0 Å². The van der Waals surface area contributed by atoms with Gasteiger partial charge in [0.15, 0.2) is 11.5 Å². The Labute approximate surface area is 151 Å². The lowest BCUT2D eigenvalue weighted by Crippen LogP contribution is -2.42. The van der Waals surface area contributed by atoms with Crippen molar-refractivity contribution < 1.29 is 14.3 Å². The summed E-state index contributed by atoms with van der Waals surface area (Å²) in [6, 6.07) is 6.88. The third-order valence-corrected chi connectivity index (χ3v) is 4.86. The summed E-state index contributed by atoms with van der Waals surface area (Å²) >= 11 is 0. The Morgan fingerprint density at radius 3 is 2.92 bits per heavy atom. The van der Waals surface area contributed by atoms with Crippen LogP contribution < -0.4 is 15.0 Å². The molecule has 0 radical (unpaired) electrons. The van der Waals surface area contributed by atoms with Crippen LogP contribution in [0.4, 0.5) is 0 Å². The predicted octanol–water partition coefficient (Wildman–Crippen LogP) is 1.90. The Morgan fingerprint density at radius 1 is 1.27 bits per heavy atom. The molecule has 1 fully saturated rings. The predicted molar refractivity (Wildman–Crippen MR) is 95.0 cm³/mol. The minimum absolute atomic E-state index is 0.0278. The zero-order valence-corrected chi connectivity index (χ0v) is 14.7. The van der Waals surface area contributed by atoms with E-state index < -0.39 is 0 Å². The fourth-order valence-electron chi connectivity index (χ4n) is 3.42. The summed E-state index contributed by atoms with van der Waals surface area (Å²) in [5.41, 5.74) is 1.07. The van der Waals surface area contributed by atoms with Crippen LogP contribution in [0.25, 0.3) is 11.3 Å². The van der Waals surface area contributed by atoms with Crippen LogP contribution in [-0.4, -0.2) is 40.2 Å². The lowest BCUT2D eigenvalue weighted by atomic mass is 10.0. The Kier molecular flexibility index (Phi) is 4.36. The van der Waals surface area contributed by atoms with Gasteiger partial charge < -0.3 is 14.4 Å². The van der Waals surface area contributed by atoms with Crippen LogP contribution in [0, 0.1) is 5.92 Å². The lowest BCUT2D eigenvalue weighted by Gasteiger charge is -2.31. The van der Waals surface area contributed by atoms with Gasteiger partial charge in [0.25, 0.3) is 5.56 Å². The van der Waals surface area contributed by atoms with Crippen LogP contribution in [0.1, 0.15) is 19.8 Å². The van der Waals surface area contributed by atoms with E-state index >= 15 is 0 Å². The summed E-state index contributed by atoms with van der Waals surface area (Å²) in [6.07, 6.45) is 3.60. The quantitative estimate of drug-likeness (QED) is 0.841. The van der Waals surface area contributed by atoms with Crippen molar-refractivity contribution >= 4 is 5.91 Å². The van der Waals surface area contributed by atoms with Crippen molar-refractivity contribution in [3.63, 3.8) is 0 Å². The van der Waals surface area contributed by atoms with Crippen molar-refractivity contribution in [1.29, 1.82) is 0 Å². The van der Waals surface area contributed by atoms with Gasteiger partial charge in [0.2, 0.25) is 12.7 Å². The van der Waals surface area contributed by atoms with E-state index in [0.717, 1.165) is 31.5 Å². The highest BCUT2D eigenvalue weighted by atomic mass is 16.7. The van der Waals surface area contributed by atoms with Crippen molar-refractivity contribution in [2.24, 2.45) is 5.92 Å². The SMILES string of the molecule is CC1CCCN(C(=O)Cn2cnc(-c3ccc4c(c3)OCO4)cc2=O)C1. The van der Waals surface area contributed by atoms with Gasteiger partial charge in [-0.25, -0.2) is 4.98 Å². The first-order valence-corrected chi connectivity index (χ1v) is 8.84. The molecule has 7 nitrogen and oxygen atoms in total. The second-order valence-electron chi connectivity index (χ2n) is 6.90. The fourth-order valence-corrected chi connectivity index (χ4v) is 3.42. The molecule has 1 amide bonds. The number of piperidine rings is 1. The van der Waals surface area contributed by atoms with E-state index in [1.807, 2.05) is 11.0 Å². The molecule has 2 aromatic rings. The van der Waals surface area contributed by atoms with E-state index in [1.54, 1.807) is 12.1 Å². The molecule has 0 spiro atoms. The summed E-state index contributed by atoms with van der Waals surface area (Å²) < 4.78 is 12.0. The zero-order chi connectivity index (χ0) is 18.1. The van der Waals surface area contributed by atoms with Crippen molar-refractivity contribution in [2.75, 3.05) is 19.9 Å². The van der Waals surface area contributed by atoms with Crippen molar-refractivity contribution in [1.82, 2.24) is 14.5 Å². The number of rotatable bonds is 3. The normalized spacial score (nSPS) is 18.8. The number of likely N-dealkylation sites (tertiary alicyclic amines) is 1. The molecule has 0 aliphatic carbocycles. The van der Waals surface area contributed by atoms with Gasteiger partial charge in [-0.05, 0) is 37.0 Å². The molecule has 2 aliphatic heterocycles. The number of fused-ring (bicyclic) bond motifs is 1. The molecule has 1 unspecified atom stereocenters. The number of nitrogens with zero attached hydrogens (tertiary/aromatic N) is 3. The zero-order valence-electron chi connectivity index (χ0n) is 14.7. The molecule has 1 saturated heterocycles. The van der Waals surface area contributed by atoms with Gasteiger partial charge >= 0.3 is 0 Å². The minimum atomic E-state index is -0.244. The summed E-state index contributed by atoms with van der Waals surface area (Å²) in [6.45, 7) is 3.90. The van der Waals surface area contributed by atoms with Gasteiger partial charge in [-0.1, -0.05) is 6.92 Å². The minimum Gasteiger partial charge on any atom is -0.454 e. The van der Waals surface area contributed by atoms with E-state index in [0.29, 0.717) is 23.1 Å². The first-order chi connectivity index (χ1) is 12.6. The number of hydrogen-bond acceptors (Lipinski definition) is 5. The average Bonchev–Trinajstić information content (AvgIpc) is 3.11. The molecule has 4 rings (SSSR count). The molecule has 2 aliphatic rings. The highest BCUT2D eigenvalue weighted by Crippen LogP contribution is 2.35. The van der Waals surface area contributed by atoms with Crippen molar-refractivity contribution in [2.45, 2.75) is 26.3 Å². The highest BCUT2D eigenvalue weighted by molar-refractivity contribution is 5.76. The number of hydrogen-bond donors (Lipinski definition) is 0. The first kappa shape index (κ1) is 16.6. The standard InChI is InChI=1S/C19H21N3O4/c1-13-3-2-6-21(9-13)19(24)10-22-11-20-15(8-18(22)23)14-4-5-16-17(7-14)26-12-25-16/h4-5,7-8,11,13H,2-3,6,9-10,12H2,1H3. The smallest absolute Gasteiger partial charge is 0.254 e. The third-order valence-electron chi connectivity index (χ3n) is 4.86. The van der Waals surface area contributed by atoms with E-state index in [9.17, 15) is 9.59 Å². The van der Waals surface area contributed by atoms with Crippen LogP contribution >= 0.6 is 0 Å². The molecule has 1 atom stereocenters. The van der Waals surface area contributed by atoms with Crippen LogP contribution in [0.15, 0.2) is 35.4 Å². The lowest BCUT2D eigenvalue weighted by molar-refractivity contribution is -0.133. The van der Waals surface area contributed by atoms with Gasteiger partial charge in [0.05, 0.1) is 12.0 Å². The van der Waals surface area contributed by atoms with E-state index in [-0.39, 0.29) is 24.8 Å². The molecule has 26 heavy (non-hydrogen) atoms. The van der Waals surface area contributed by atoms with Crippen molar-refractivity contribution in [3.05, 3.63) is 40.9 Å². The summed E-state index contributed by atoms with van der Waals surface area (Å²) in [7, 11) is 0. The maximum atomic E-state index is 12.5. The molecule has 1 aromatic heterocycles. The maximum Gasteiger partial charge on any atom is 0.254 e. The van der Waals surface area contributed by atoms with Gasteiger partial charge in [0, 0.05) is 24.7 Å². The molecule has 7 heteroatoms. The maximum absolute atomic E-state index is 12.5. The summed E-state index contributed by atoms with van der Waals surface area (Å²) in [5.74, 6) is 1.80. The fraction of sp³-hybridized carbons (Fsp3) is 0.421. The summed E-state index contributed by atoms with van der Waals surface area (Å²) in [5, 5.41) is 0. The largest absolute Gasteiger partial charge is 0.454 e. The van der Waals surface area contributed by atoms with Gasteiger partial charge in [-0.15, -0.1) is 0 Å². The number of ether oxygens (including phenoxy) is 2. The van der Waals surface area contributed by atoms with Crippen LogP contribution in [-0.2, 0) is 11.3 Å². The molecular formula is C19H21N3O4. The van der Waals surface area contributed by atoms with E-state index in [1.165, 1.54) is 17.0 Å². The highest BCUT2D eigenvalue weighted by Gasteiger charge is 2.21. The Hall–Kier alpha value is -2.83. The molecule has 0 bridgehead atoms. The van der Waals surface area contributed by atoms with Crippen LogP contribution in [0.5, 0.6) is 11.5 Å². The number of carbonyl (C=O) groups excluding carboxylic acids is 1. The molecular weight excluding hydrogens is 334 g/mol. The average molecular weight is 355 g/mol.